The molecule has 4 aliphatic rings. The van der Waals surface area contributed by atoms with Gasteiger partial charge in [-0.1, -0.05) is 41.9 Å². The van der Waals surface area contributed by atoms with Gasteiger partial charge in [-0.3, -0.25) is 49.2 Å². The lowest BCUT2D eigenvalue weighted by molar-refractivity contribution is -0.384. The number of amides is 5. The first-order valence-corrected chi connectivity index (χ1v) is 29.6. The van der Waals surface area contributed by atoms with E-state index in [2.05, 4.69) is 40.4 Å². The minimum atomic E-state index is -4.64. The Morgan fingerprint density at radius 3 is 2.40 bits per heavy atom. The second-order valence-electron chi connectivity index (χ2n) is 20.8. The molecule has 5 N–H and O–H groups in total. The van der Waals surface area contributed by atoms with E-state index in [0.29, 0.717) is 92.6 Å². The Hall–Kier alpha value is -8.94. The van der Waals surface area contributed by atoms with Crippen LogP contribution in [0.1, 0.15) is 62.3 Å². The Morgan fingerprint density at radius 2 is 1.61 bits per heavy atom. The van der Waals surface area contributed by atoms with Crippen molar-refractivity contribution in [2.75, 3.05) is 87.8 Å². The topological polar surface area (TPSA) is 286 Å². The third-order valence-corrected chi connectivity index (χ3v) is 16.9. The highest BCUT2D eigenvalue weighted by Gasteiger charge is 2.45. The maximum absolute atomic E-state index is 14.1. The van der Waals surface area contributed by atoms with Crippen LogP contribution in [0.3, 0.4) is 0 Å². The molecule has 0 spiro atoms. The highest BCUT2D eigenvalue weighted by molar-refractivity contribution is 7.90. The Balaban J connectivity index is 0.742. The molecule has 6 heterocycles. The number of sulfonamides is 1. The SMILES string of the molecule is O=C1CCC(N2C(=O)c3cccc(NCCOCCOc4cccc(-c5ccc(Cl)cc5)c4CN4CCN(c5ccc(C(=O)NS(=O)(=O)c6ccc(NCC7CCOCC7)c([N+](=O)[O-])c6)c(Oc6cnc7[nH]ccc7c6)c5)CC4)c3C2=O)C(=O)N1. The number of nitro groups is 1. The van der Waals surface area contributed by atoms with E-state index in [-0.39, 0.29) is 66.7 Å². The molecule has 1 unspecified atom stereocenters. The largest absolute Gasteiger partial charge is 0.491 e. The summed E-state index contributed by atoms with van der Waals surface area (Å²) in [5, 5.41) is 22.0. The van der Waals surface area contributed by atoms with E-state index in [4.69, 9.17) is 30.5 Å². The number of nitro benzene ring substituents is 1. The molecule has 0 saturated carbocycles. The maximum atomic E-state index is 14.1. The summed E-state index contributed by atoms with van der Waals surface area (Å²) in [5.74, 6) is -2.09. The maximum Gasteiger partial charge on any atom is 0.293 e. The highest BCUT2D eigenvalue weighted by atomic mass is 35.5. The van der Waals surface area contributed by atoms with Crippen molar-refractivity contribution in [3.8, 4) is 28.4 Å². The van der Waals surface area contributed by atoms with Gasteiger partial charge in [0.15, 0.2) is 0 Å². The van der Waals surface area contributed by atoms with Crippen molar-refractivity contribution in [1.82, 2.24) is 29.8 Å². The standard InChI is InChI=1S/C60H59ClN10O13S/c61-40-9-7-38(8-10-40)44-3-2-6-52(83-30-29-82-28-21-62-49-5-1-4-46-55(49)60(76)70(59(46)75)50-15-16-54(72)66-58(50)74)47(44)36-68-22-24-69(25-23-68)41-11-13-45(53(32-41)84-42-31-39-17-20-63-56(39)65-35-42)57(73)67-85(79,80)43-12-14-48(51(33-43)71(77)78)64-34-37-18-26-81-27-19-37/h1-14,17,20,31-33,35,37,50,62,64H,15-16,18-19,21-30,34,36H2,(H,63,65)(H,67,73)(H,66,72,74). The molecule has 3 fully saturated rings. The van der Waals surface area contributed by atoms with Crippen molar-refractivity contribution in [3.05, 3.63) is 159 Å². The summed E-state index contributed by atoms with van der Waals surface area (Å²) in [4.78, 5) is 89.2. The van der Waals surface area contributed by atoms with Gasteiger partial charge in [-0.25, -0.2) is 18.1 Å². The lowest BCUT2D eigenvalue weighted by Crippen LogP contribution is -2.54. The van der Waals surface area contributed by atoms with Crippen LogP contribution in [0.4, 0.5) is 22.7 Å². The first-order chi connectivity index (χ1) is 41.2. The molecular formula is C60H59ClN10O13S. The molecule has 5 aromatic carbocycles. The predicted molar refractivity (Wildman–Crippen MR) is 315 cm³/mol. The molecule has 85 heavy (non-hydrogen) atoms. The average molecular weight is 1200 g/mol. The number of piperazine rings is 1. The summed E-state index contributed by atoms with van der Waals surface area (Å²) in [5.41, 5.74) is 4.54. The minimum absolute atomic E-state index is 0.0223. The van der Waals surface area contributed by atoms with E-state index in [1.54, 1.807) is 36.5 Å². The second-order valence-corrected chi connectivity index (χ2v) is 22.9. The Bertz CT molecular complexity index is 3830. The van der Waals surface area contributed by atoms with E-state index < -0.39 is 61.1 Å². The van der Waals surface area contributed by atoms with Crippen molar-refractivity contribution < 1.29 is 56.3 Å². The number of carbonyl (C=O) groups excluding carboxylic acids is 5. The smallest absolute Gasteiger partial charge is 0.293 e. The molecule has 0 bridgehead atoms. The molecule has 3 saturated heterocycles. The number of aromatic nitrogens is 2. The third-order valence-electron chi connectivity index (χ3n) is 15.4. The number of ether oxygens (including phenoxy) is 4. The van der Waals surface area contributed by atoms with Crippen molar-refractivity contribution in [1.29, 1.82) is 0 Å². The molecule has 1 atom stereocenters. The Morgan fingerprint density at radius 1 is 0.824 bits per heavy atom. The van der Waals surface area contributed by atoms with Crippen molar-refractivity contribution in [3.63, 3.8) is 0 Å². The zero-order chi connectivity index (χ0) is 59.2. The van der Waals surface area contributed by atoms with Crippen molar-refractivity contribution in [2.45, 2.75) is 43.2 Å². The number of hydrogen-bond acceptors (Lipinski definition) is 18. The molecule has 7 aromatic rings. The van der Waals surface area contributed by atoms with Gasteiger partial charge in [-0.2, -0.15) is 0 Å². The molecule has 25 heteroatoms. The lowest BCUT2D eigenvalue weighted by atomic mass is 9.98. The van der Waals surface area contributed by atoms with Crippen LogP contribution in [-0.4, -0.2) is 141 Å². The number of halogens is 1. The van der Waals surface area contributed by atoms with E-state index in [0.717, 1.165) is 45.9 Å². The molecule has 440 valence electrons. The summed E-state index contributed by atoms with van der Waals surface area (Å²) in [6.45, 7) is 5.48. The van der Waals surface area contributed by atoms with Gasteiger partial charge < -0.3 is 39.5 Å². The predicted octanol–water partition coefficient (Wildman–Crippen LogP) is 7.77. The van der Waals surface area contributed by atoms with Crippen LogP contribution in [0.5, 0.6) is 17.2 Å². The zero-order valence-electron chi connectivity index (χ0n) is 45.8. The number of nitrogens with one attached hydrogen (secondary N) is 5. The summed E-state index contributed by atoms with van der Waals surface area (Å²) < 4.78 is 53.9. The fourth-order valence-electron chi connectivity index (χ4n) is 10.9. The van der Waals surface area contributed by atoms with E-state index >= 15 is 0 Å². The molecular weight excluding hydrogens is 1140 g/mol. The quantitative estimate of drug-likeness (QED) is 0.0187. The average Bonchev–Trinajstić information content (AvgIpc) is 4.32. The van der Waals surface area contributed by atoms with Crippen molar-refractivity contribution in [2.24, 2.45) is 5.92 Å². The fraction of sp³-hybridized carbons (Fsp3) is 0.300. The number of carbonyl (C=O) groups is 5. The van der Waals surface area contributed by atoms with Crippen LogP contribution in [0.25, 0.3) is 22.2 Å². The van der Waals surface area contributed by atoms with E-state index in [9.17, 15) is 42.5 Å². The molecule has 11 rings (SSSR count). The van der Waals surface area contributed by atoms with Crippen LogP contribution in [-0.2, 0) is 35.6 Å². The van der Waals surface area contributed by atoms with Gasteiger partial charge >= 0.3 is 0 Å². The van der Waals surface area contributed by atoms with Crippen LogP contribution in [0, 0.1) is 16.0 Å². The van der Waals surface area contributed by atoms with Gasteiger partial charge in [0.1, 0.15) is 41.2 Å². The number of benzene rings is 5. The summed E-state index contributed by atoms with van der Waals surface area (Å²) in [6, 6.07) is 29.2. The van der Waals surface area contributed by atoms with Gasteiger partial charge in [-0.15, -0.1) is 0 Å². The minimum Gasteiger partial charge on any atom is -0.491 e. The Kier molecular flexibility index (Phi) is 17.4. The highest BCUT2D eigenvalue weighted by Crippen LogP contribution is 2.37. The summed E-state index contributed by atoms with van der Waals surface area (Å²) in [7, 11) is -4.64. The molecule has 0 aliphatic carbocycles. The van der Waals surface area contributed by atoms with Gasteiger partial charge in [0.05, 0.1) is 45.9 Å². The van der Waals surface area contributed by atoms with Crippen LogP contribution >= 0.6 is 11.6 Å². The molecule has 2 aromatic heterocycles. The summed E-state index contributed by atoms with van der Waals surface area (Å²) in [6.07, 6.45) is 4.88. The van der Waals surface area contributed by atoms with Crippen LogP contribution in [0.15, 0.2) is 126 Å². The number of anilines is 3. The van der Waals surface area contributed by atoms with Gasteiger partial charge in [0.2, 0.25) is 11.8 Å². The lowest BCUT2D eigenvalue weighted by Gasteiger charge is -2.37. The number of H-pyrrole nitrogens is 1. The molecule has 23 nitrogen and oxygen atoms in total. The molecule has 5 amide bonds. The number of fused-ring (bicyclic) bond motifs is 2. The van der Waals surface area contributed by atoms with Gasteiger partial charge in [-0.05, 0) is 103 Å². The number of rotatable bonds is 22. The Labute approximate surface area is 493 Å². The number of nitrogens with zero attached hydrogens (tertiary/aromatic N) is 5. The zero-order valence-corrected chi connectivity index (χ0v) is 47.4. The summed E-state index contributed by atoms with van der Waals surface area (Å²) >= 11 is 6.32. The van der Waals surface area contributed by atoms with Gasteiger partial charge in [0.25, 0.3) is 33.4 Å². The van der Waals surface area contributed by atoms with Crippen LogP contribution < -0.4 is 35.0 Å². The van der Waals surface area contributed by atoms with E-state index in [1.165, 1.54) is 30.5 Å². The number of imide groups is 2. The molecule has 0 radical (unpaired) electrons. The first kappa shape index (κ1) is 57.9. The normalized spacial score (nSPS) is 16.7. The fourth-order valence-corrected chi connectivity index (χ4v) is 12.0. The number of pyridine rings is 1. The number of hydrogen-bond donors (Lipinski definition) is 5. The second kappa shape index (κ2) is 25.5. The first-order valence-electron chi connectivity index (χ1n) is 27.7. The monoisotopic (exact) mass is 1190 g/mol. The van der Waals surface area contributed by atoms with Crippen LogP contribution in [0.2, 0.25) is 5.02 Å². The van der Waals surface area contributed by atoms with Crippen molar-refractivity contribution >= 4 is 84.9 Å². The number of piperidine rings is 1. The third kappa shape index (κ3) is 13.1. The van der Waals surface area contributed by atoms with Gasteiger partial charge in [0, 0.05) is 111 Å². The molecule has 4 aliphatic heterocycles. The number of aromatic amines is 1. The van der Waals surface area contributed by atoms with E-state index in [1.807, 2.05) is 48.5 Å².